The Morgan fingerprint density at radius 1 is 1.09 bits per heavy atom. The molecule has 0 saturated carbocycles. The zero-order chi connectivity index (χ0) is 23.8. The van der Waals surface area contributed by atoms with Gasteiger partial charge >= 0.3 is 6.09 Å². The van der Waals surface area contributed by atoms with Crippen LogP contribution in [0.2, 0.25) is 0 Å². The third kappa shape index (κ3) is 5.46. The van der Waals surface area contributed by atoms with Crippen LogP contribution in [0, 0.1) is 5.82 Å². The third-order valence-corrected chi connectivity index (χ3v) is 5.51. The number of carbonyl (C=O) groups excluding carboxylic acids is 1. The highest BCUT2D eigenvalue weighted by molar-refractivity contribution is 5.68. The minimum Gasteiger partial charge on any atom is -0.444 e. The molecule has 0 bridgehead atoms. The maximum Gasteiger partial charge on any atom is 0.410 e. The number of piperazine rings is 1. The Kier molecular flexibility index (Phi) is 6.65. The highest BCUT2D eigenvalue weighted by Crippen LogP contribution is 2.33. The molecule has 0 N–H and O–H groups in total. The van der Waals surface area contributed by atoms with Gasteiger partial charge in [-0.1, -0.05) is 38.1 Å². The third-order valence-electron chi connectivity index (χ3n) is 5.51. The van der Waals surface area contributed by atoms with Crippen LogP contribution in [-0.2, 0) is 10.2 Å². The number of ether oxygens (including phenoxy) is 1. The minimum absolute atomic E-state index is 0.00893. The van der Waals surface area contributed by atoms with Crippen molar-refractivity contribution in [1.29, 1.82) is 0 Å². The molecule has 0 spiro atoms. The normalized spacial score (nSPS) is 21.5. The largest absolute Gasteiger partial charge is 0.444 e. The van der Waals surface area contributed by atoms with E-state index in [1.807, 2.05) is 48.5 Å². The monoisotopic (exact) mass is 446 g/mol. The molecule has 1 aromatic carbocycles. The van der Waals surface area contributed by atoms with Gasteiger partial charge in [0.15, 0.2) is 5.82 Å². The standard InChI is InChI=1S/C24H35FN4O3/c1-15-14-29(22(30)31-24(6,7)8)16(2)13-28(15)19(17-9-11-18(25)12-10-17)20-26-21(32-27-20)23(3,4)5/h9-12,15-16,19H,13-14H2,1-8H3/t15-,16+,19?/m1/s1. The van der Waals surface area contributed by atoms with Crippen LogP contribution in [0.3, 0.4) is 0 Å². The summed E-state index contributed by atoms with van der Waals surface area (Å²) in [6.07, 6.45) is -0.315. The Labute approximate surface area is 189 Å². The van der Waals surface area contributed by atoms with Crippen LogP contribution < -0.4 is 0 Å². The molecule has 8 heteroatoms. The van der Waals surface area contributed by atoms with Gasteiger partial charge in [-0.3, -0.25) is 4.90 Å². The lowest BCUT2D eigenvalue weighted by molar-refractivity contribution is -0.0172. The second-order valence-electron chi connectivity index (χ2n) is 10.7. The van der Waals surface area contributed by atoms with Crippen molar-refractivity contribution in [2.75, 3.05) is 13.1 Å². The van der Waals surface area contributed by atoms with Crippen molar-refractivity contribution in [3.8, 4) is 0 Å². The first-order valence-corrected chi connectivity index (χ1v) is 11.1. The number of amides is 1. The van der Waals surface area contributed by atoms with E-state index in [0.717, 1.165) is 5.56 Å². The van der Waals surface area contributed by atoms with Crippen LogP contribution in [0.1, 0.15) is 78.7 Å². The summed E-state index contributed by atoms with van der Waals surface area (Å²) in [5, 5.41) is 4.29. The van der Waals surface area contributed by atoms with Gasteiger partial charge < -0.3 is 14.2 Å². The second-order valence-corrected chi connectivity index (χ2v) is 10.7. The molecular weight excluding hydrogens is 411 g/mol. The fourth-order valence-electron chi connectivity index (χ4n) is 3.87. The molecule has 1 aliphatic rings. The van der Waals surface area contributed by atoms with Crippen LogP contribution in [0.15, 0.2) is 28.8 Å². The van der Waals surface area contributed by atoms with Crippen molar-refractivity contribution >= 4 is 6.09 Å². The van der Waals surface area contributed by atoms with Gasteiger partial charge in [0.05, 0.1) is 6.04 Å². The van der Waals surface area contributed by atoms with Gasteiger partial charge in [0.25, 0.3) is 0 Å². The summed E-state index contributed by atoms with van der Waals surface area (Å²) in [5.41, 5.74) is 0.0341. The van der Waals surface area contributed by atoms with E-state index in [9.17, 15) is 9.18 Å². The highest BCUT2D eigenvalue weighted by Gasteiger charge is 2.40. The van der Waals surface area contributed by atoms with Gasteiger partial charge in [-0.2, -0.15) is 4.98 Å². The first kappa shape index (κ1) is 24.2. The Bertz CT molecular complexity index is 930. The van der Waals surface area contributed by atoms with Crippen molar-refractivity contribution in [1.82, 2.24) is 19.9 Å². The summed E-state index contributed by atoms with van der Waals surface area (Å²) in [7, 11) is 0. The first-order valence-electron chi connectivity index (χ1n) is 11.1. The fourth-order valence-corrected chi connectivity index (χ4v) is 3.87. The lowest BCUT2D eigenvalue weighted by atomic mass is 9.96. The summed E-state index contributed by atoms with van der Waals surface area (Å²) < 4.78 is 24.8. The van der Waals surface area contributed by atoms with E-state index in [4.69, 9.17) is 14.2 Å². The van der Waals surface area contributed by atoms with E-state index in [0.29, 0.717) is 24.8 Å². The quantitative estimate of drug-likeness (QED) is 0.666. The van der Waals surface area contributed by atoms with Crippen LogP contribution in [0.4, 0.5) is 9.18 Å². The molecule has 1 saturated heterocycles. The molecule has 32 heavy (non-hydrogen) atoms. The fraction of sp³-hybridized carbons (Fsp3) is 0.625. The van der Waals surface area contributed by atoms with Crippen molar-refractivity contribution in [3.63, 3.8) is 0 Å². The molecule has 2 aromatic rings. The van der Waals surface area contributed by atoms with Gasteiger partial charge in [0.1, 0.15) is 11.4 Å². The molecule has 3 rings (SSSR count). The van der Waals surface area contributed by atoms with E-state index >= 15 is 0 Å². The lowest BCUT2D eigenvalue weighted by Crippen LogP contribution is -2.59. The van der Waals surface area contributed by atoms with E-state index < -0.39 is 5.60 Å². The summed E-state index contributed by atoms with van der Waals surface area (Å²) >= 11 is 0. The Morgan fingerprint density at radius 3 is 2.25 bits per heavy atom. The van der Waals surface area contributed by atoms with Crippen LogP contribution >= 0.6 is 0 Å². The molecule has 176 valence electrons. The van der Waals surface area contributed by atoms with Gasteiger partial charge in [0, 0.05) is 30.6 Å². The van der Waals surface area contributed by atoms with Crippen LogP contribution in [-0.4, -0.2) is 56.8 Å². The number of hydrogen-bond acceptors (Lipinski definition) is 6. The SMILES string of the molecule is C[C@@H]1CN(C(=O)OC(C)(C)C)[C@@H](C)CN1C(c1ccc(F)cc1)c1noc(C(C)(C)C)n1. The van der Waals surface area contributed by atoms with E-state index in [1.54, 1.807) is 17.0 Å². The predicted octanol–water partition coefficient (Wildman–Crippen LogP) is 4.93. The molecule has 1 amide bonds. The molecule has 7 nitrogen and oxygen atoms in total. The summed E-state index contributed by atoms with van der Waals surface area (Å²) in [6, 6.07) is 5.98. The van der Waals surface area contributed by atoms with E-state index in [1.165, 1.54) is 12.1 Å². The summed E-state index contributed by atoms with van der Waals surface area (Å²) in [5.74, 6) is 0.783. The van der Waals surface area contributed by atoms with E-state index in [-0.39, 0.29) is 35.5 Å². The zero-order valence-corrected chi connectivity index (χ0v) is 20.3. The molecule has 3 atom stereocenters. The molecule has 1 aromatic heterocycles. The number of aromatic nitrogens is 2. The second kappa shape index (κ2) is 8.81. The molecule has 1 fully saturated rings. The maximum atomic E-state index is 13.6. The Balaban J connectivity index is 1.93. The van der Waals surface area contributed by atoms with E-state index in [2.05, 4.69) is 17.0 Å². The number of halogens is 1. The topological polar surface area (TPSA) is 71.7 Å². The highest BCUT2D eigenvalue weighted by atomic mass is 19.1. The lowest BCUT2D eigenvalue weighted by Gasteiger charge is -2.46. The van der Waals surface area contributed by atoms with Crippen LogP contribution in [0.5, 0.6) is 0 Å². The molecule has 1 unspecified atom stereocenters. The number of nitrogens with zero attached hydrogens (tertiary/aromatic N) is 4. The number of benzene rings is 1. The molecule has 0 radical (unpaired) electrons. The average molecular weight is 447 g/mol. The molecule has 1 aliphatic heterocycles. The first-order chi connectivity index (χ1) is 14.8. The van der Waals surface area contributed by atoms with Gasteiger partial charge in [-0.05, 0) is 52.3 Å². The Hall–Kier alpha value is -2.48. The van der Waals surface area contributed by atoms with Crippen molar-refractivity contribution in [2.45, 2.75) is 84.5 Å². The number of carbonyl (C=O) groups is 1. The molecule has 0 aliphatic carbocycles. The predicted molar refractivity (Wildman–Crippen MR) is 120 cm³/mol. The van der Waals surface area contributed by atoms with Gasteiger partial charge in [-0.25, -0.2) is 9.18 Å². The zero-order valence-electron chi connectivity index (χ0n) is 20.3. The average Bonchev–Trinajstić information content (AvgIpc) is 3.14. The smallest absolute Gasteiger partial charge is 0.410 e. The summed E-state index contributed by atoms with van der Waals surface area (Å²) in [6.45, 7) is 16.8. The van der Waals surface area contributed by atoms with Gasteiger partial charge in [-0.15, -0.1) is 0 Å². The van der Waals surface area contributed by atoms with Gasteiger partial charge in [0.2, 0.25) is 5.89 Å². The molecule has 2 heterocycles. The van der Waals surface area contributed by atoms with Crippen molar-refractivity contribution in [2.24, 2.45) is 0 Å². The van der Waals surface area contributed by atoms with Crippen molar-refractivity contribution in [3.05, 3.63) is 47.4 Å². The molecular formula is C24H35FN4O3. The van der Waals surface area contributed by atoms with Crippen molar-refractivity contribution < 1.29 is 18.4 Å². The van der Waals surface area contributed by atoms with Crippen LogP contribution in [0.25, 0.3) is 0 Å². The minimum atomic E-state index is -0.554. The number of rotatable bonds is 3. The maximum absolute atomic E-state index is 13.6. The Morgan fingerprint density at radius 2 is 1.72 bits per heavy atom. The summed E-state index contributed by atoms with van der Waals surface area (Å²) in [4.78, 5) is 21.5. The number of hydrogen-bond donors (Lipinski definition) is 0.